The highest BCUT2D eigenvalue weighted by Gasteiger charge is 2.17. The SMILES string of the molecule is CCCNC(CCC(C)(C)C)c1cc(Cl)cc(Br)c1. The third-order valence-electron chi connectivity index (χ3n) is 3.11. The standard InChI is InChI=1S/C16H25BrClN/c1-5-8-19-15(6-7-16(2,3)4)12-9-13(17)11-14(18)10-12/h9-11,15,19H,5-8H2,1-4H3. The Morgan fingerprint density at radius 1 is 1.26 bits per heavy atom. The zero-order valence-corrected chi connectivity index (χ0v) is 14.7. The Kier molecular flexibility index (Phi) is 6.85. The summed E-state index contributed by atoms with van der Waals surface area (Å²) in [6.07, 6.45) is 3.47. The number of hydrogen-bond donors (Lipinski definition) is 1. The van der Waals surface area contributed by atoms with Crippen LogP contribution >= 0.6 is 27.5 Å². The van der Waals surface area contributed by atoms with Crippen molar-refractivity contribution in [3.05, 3.63) is 33.3 Å². The fourth-order valence-electron chi connectivity index (χ4n) is 2.06. The van der Waals surface area contributed by atoms with Crippen molar-refractivity contribution in [3.63, 3.8) is 0 Å². The van der Waals surface area contributed by atoms with Crippen LogP contribution in [0.25, 0.3) is 0 Å². The Morgan fingerprint density at radius 2 is 1.95 bits per heavy atom. The number of benzene rings is 1. The molecule has 1 atom stereocenters. The van der Waals surface area contributed by atoms with E-state index in [2.05, 4.69) is 61.1 Å². The van der Waals surface area contributed by atoms with E-state index in [1.807, 2.05) is 6.07 Å². The largest absolute Gasteiger partial charge is 0.310 e. The molecular weight excluding hydrogens is 322 g/mol. The second-order valence-electron chi connectivity index (χ2n) is 6.31. The molecule has 108 valence electrons. The van der Waals surface area contributed by atoms with Crippen molar-refractivity contribution in [2.75, 3.05) is 6.54 Å². The van der Waals surface area contributed by atoms with Crippen molar-refractivity contribution in [2.24, 2.45) is 5.41 Å². The zero-order valence-electron chi connectivity index (χ0n) is 12.4. The maximum Gasteiger partial charge on any atom is 0.0420 e. The van der Waals surface area contributed by atoms with Gasteiger partial charge in [-0.2, -0.15) is 0 Å². The van der Waals surface area contributed by atoms with E-state index >= 15 is 0 Å². The summed E-state index contributed by atoms with van der Waals surface area (Å²) in [6.45, 7) is 10.1. The fraction of sp³-hybridized carbons (Fsp3) is 0.625. The molecule has 0 saturated heterocycles. The summed E-state index contributed by atoms with van der Waals surface area (Å²) in [4.78, 5) is 0. The predicted molar refractivity (Wildman–Crippen MR) is 88.9 cm³/mol. The average Bonchev–Trinajstić information content (AvgIpc) is 2.26. The van der Waals surface area contributed by atoms with Crippen molar-refractivity contribution in [3.8, 4) is 0 Å². The van der Waals surface area contributed by atoms with Crippen molar-refractivity contribution in [2.45, 2.75) is 53.0 Å². The molecule has 1 aromatic carbocycles. The van der Waals surface area contributed by atoms with Crippen LogP contribution in [0.3, 0.4) is 0 Å². The van der Waals surface area contributed by atoms with Crippen LogP contribution in [0.2, 0.25) is 5.02 Å². The van der Waals surface area contributed by atoms with Gasteiger partial charge in [-0.1, -0.05) is 55.2 Å². The van der Waals surface area contributed by atoms with Gasteiger partial charge in [-0.3, -0.25) is 0 Å². The summed E-state index contributed by atoms with van der Waals surface area (Å²) in [6, 6.07) is 6.56. The van der Waals surface area contributed by atoms with Gasteiger partial charge in [0.15, 0.2) is 0 Å². The van der Waals surface area contributed by atoms with Gasteiger partial charge in [-0.25, -0.2) is 0 Å². The molecule has 1 nitrogen and oxygen atoms in total. The quantitative estimate of drug-likeness (QED) is 0.669. The average molecular weight is 347 g/mol. The zero-order chi connectivity index (χ0) is 14.5. The number of halogens is 2. The Bertz CT molecular complexity index is 378. The monoisotopic (exact) mass is 345 g/mol. The molecule has 0 aromatic heterocycles. The third-order valence-corrected chi connectivity index (χ3v) is 3.79. The first-order valence-electron chi connectivity index (χ1n) is 7.01. The molecule has 0 spiro atoms. The molecule has 0 aliphatic rings. The maximum atomic E-state index is 6.16. The van der Waals surface area contributed by atoms with Crippen molar-refractivity contribution >= 4 is 27.5 Å². The number of rotatable bonds is 6. The highest BCUT2D eigenvalue weighted by atomic mass is 79.9. The van der Waals surface area contributed by atoms with Crippen LogP contribution in [-0.2, 0) is 0 Å². The van der Waals surface area contributed by atoms with Crippen LogP contribution in [0.1, 0.15) is 58.6 Å². The van der Waals surface area contributed by atoms with Gasteiger partial charge in [0.25, 0.3) is 0 Å². The fourth-order valence-corrected chi connectivity index (χ4v) is 2.95. The summed E-state index contributed by atoms with van der Waals surface area (Å²) in [7, 11) is 0. The van der Waals surface area contributed by atoms with Crippen LogP contribution in [-0.4, -0.2) is 6.54 Å². The van der Waals surface area contributed by atoms with E-state index < -0.39 is 0 Å². The second kappa shape index (κ2) is 7.66. The van der Waals surface area contributed by atoms with Crippen LogP contribution < -0.4 is 5.32 Å². The molecule has 0 radical (unpaired) electrons. The first-order valence-corrected chi connectivity index (χ1v) is 8.18. The van der Waals surface area contributed by atoms with E-state index in [1.165, 1.54) is 12.0 Å². The lowest BCUT2D eigenvalue weighted by Gasteiger charge is -2.24. The van der Waals surface area contributed by atoms with E-state index in [1.54, 1.807) is 0 Å². The highest BCUT2D eigenvalue weighted by Crippen LogP contribution is 2.30. The topological polar surface area (TPSA) is 12.0 Å². The van der Waals surface area contributed by atoms with E-state index in [4.69, 9.17) is 11.6 Å². The molecule has 0 heterocycles. The Balaban J connectivity index is 2.82. The van der Waals surface area contributed by atoms with Gasteiger partial charge in [-0.05, 0) is 55.0 Å². The Hall–Kier alpha value is -0.0500. The molecule has 0 aliphatic heterocycles. The lowest BCUT2D eigenvalue weighted by molar-refractivity contribution is 0.332. The molecule has 0 amide bonds. The first-order chi connectivity index (χ1) is 8.81. The first kappa shape index (κ1) is 17.0. The minimum atomic E-state index is 0.363. The summed E-state index contributed by atoms with van der Waals surface area (Å²) < 4.78 is 1.05. The van der Waals surface area contributed by atoms with E-state index in [0.29, 0.717) is 11.5 Å². The third kappa shape index (κ3) is 6.78. The van der Waals surface area contributed by atoms with E-state index in [-0.39, 0.29) is 0 Å². The van der Waals surface area contributed by atoms with Gasteiger partial charge in [0, 0.05) is 15.5 Å². The van der Waals surface area contributed by atoms with E-state index in [9.17, 15) is 0 Å². The van der Waals surface area contributed by atoms with Crippen molar-refractivity contribution in [1.29, 1.82) is 0 Å². The molecule has 0 saturated carbocycles. The van der Waals surface area contributed by atoms with Crippen LogP contribution in [0, 0.1) is 5.41 Å². The summed E-state index contributed by atoms with van der Waals surface area (Å²) in [5.74, 6) is 0. The summed E-state index contributed by atoms with van der Waals surface area (Å²) in [5, 5.41) is 4.43. The number of nitrogens with one attached hydrogen (secondary N) is 1. The number of hydrogen-bond acceptors (Lipinski definition) is 1. The summed E-state index contributed by atoms with van der Waals surface area (Å²) >= 11 is 9.69. The molecular formula is C16H25BrClN. The lowest BCUT2D eigenvalue weighted by atomic mass is 9.87. The van der Waals surface area contributed by atoms with Crippen LogP contribution in [0.4, 0.5) is 0 Å². The smallest absolute Gasteiger partial charge is 0.0420 e. The Labute approximate surface area is 131 Å². The van der Waals surface area contributed by atoms with Crippen molar-refractivity contribution in [1.82, 2.24) is 5.32 Å². The highest BCUT2D eigenvalue weighted by molar-refractivity contribution is 9.10. The minimum Gasteiger partial charge on any atom is -0.310 e. The minimum absolute atomic E-state index is 0.363. The predicted octanol–water partition coefficient (Wildman–Crippen LogP) is 5.97. The Morgan fingerprint density at radius 3 is 2.47 bits per heavy atom. The van der Waals surface area contributed by atoms with Gasteiger partial charge in [-0.15, -0.1) is 0 Å². The van der Waals surface area contributed by atoms with Gasteiger partial charge < -0.3 is 5.32 Å². The van der Waals surface area contributed by atoms with Crippen molar-refractivity contribution < 1.29 is 0 Å². The van der Waals surface area contributed by atoms with Crippen LogP contribution in [0.5, 0.6) is 0 Å². The van der Waals surface area contributed by atoms with Crippen LogP contribution in [0.15, 0.2) is 22.7 Å². The molecule has 0 bridgehead atoms. The molecule has 1 aromatic rings. The summed E-state index contributed by atoms with van der Waals surface area (Å²) in [5.41, 5.74) is 1.64. The molecule has 1 rings (SSSR count). The molecule has 19 heavy (non-hydrogen) atoms. The molecule has 0 fully saturated rings. The maximum absolute atomic E-state index is 6.16. The molecule has 0 aliphatic carbocycles. The van der Waals surface area contributed by atoms with Gasteiger partial charge >= 0.3 is 0 Å². The molecule has 1 N–H and O–H groups in total. The second-order valence-corrected chi connectivity index (χ2v) is 7.66. The lowest BCUT2D eigenvalue weighted by Crippen LogP contribution is -2.23. The van der Waals surface area contributed by atoms with Gasteiger partial charge in [0.2, 0.25) is 0 Å². The van der Waals surface area contributed by atoms with Gasteiger partial charge in [0.1, 0.15) is 0 Å². The molecule has 3 heteroatoms. The normalized spacial score (nSPS) is 13.6. The van der Waals surface area contributed by atoms with Gasteiger partial charge in [0.05, 0.1) is 0 Å². The van der Waals surface area contributed by atoms with E-state index in [0.717, 1.165) is 28.9 Å². The molecule has 1 unspecified atom stereocenters.